The third kappa shape index (κ3) is 3.11. The number of hydrogen-bond acceptors (Lipinski definition) is 4. The summed E-state index contributed by atoms with van der Waals surface area (Å²) in [5.74, 6) is 2.50. The zero-order valence-electron chi connectivity index (χ0n) is 14.1. The number of fused-ring (bicyclic) bond motifs is 1. The van der Waals surface area contributed by atoms with Gasteiger partial charge in [-0.2, -0.15) is 5.10 Å². The van der Waals surface area contributed by atoms with E-state index in [2.05, 4.69) is 16.1 Å². The molecular weight excluding hydrogens is 304 g/mol. The predicted octanol–water partition coefficient (Wildman–Crippen LogP) is 1.87. The fraction of sp³-hybridized carbons (Fsp3) is 0.556. The van der Waals surface area contributed by atoms with Crippen molar-refractivity contribution in [2.75, 3.05) is 13.2 Å². The molecule has 24 heavy (non-hydrogen) atoms. The van der Waals surface area contributed by atoms with Gasteiger partial charge in [-0.15, -0.1) is 0 Å². The van der Waals surface area contributed by atoms with Crippen molar-refractivity contribution < 1.29 is 4.74 Å². The Balaban J connectivity index is 1.49. The van der Waals surface area contributed by atoms with Crippen molar-refractivity contribution in [3.05, 3.63) is 46.1 Å². The Morgan fingerprint density at radius 3 is 2.88 bits per heavy atom. The van der Waals surface area contributed by atoms with Crippen molar-refractivity contribution in [3.63, 3.8) is 0 Å². The van der Waals surface area contributed by atoms with Gasteiger partial charge >= 0.3 is 5.69 Å². The molecule has 1 aromatic heterocycles. The van der Waals surface area contributed by atoms with E-state index in [0.717, 1.165) is 37.8 Å². The van der Waals surface area contributed by atoms with Gasteiger partial charge in [0.15, 0.2) is 0 Å². The van der Waals surface area contributed by atoms with E-state index in [9.17, 15) is 4.79 Å². The molecule has 1 fully saturated rings. The van der Waals surface area contributed by atoms with E-state index in [1.807, 2.05) is 29.7 Å². The molecule has 1 aromatic carbocycles. The van der Waals surface area contributed by atoms with Gasteiger partial charge in [0, 0.05) is 31.7 Å². The maximum absolute atomic E-state index is 12.4. The van der Waals surface area contributed by atoms with E-state index in [1.54, 1.807) is 4.68 Å². The first kappa shape index (κ1) is 15.4. The zero-order valence-corrected chi connectivity index (χ0v) is 14.1. The molecule has 128 valence electrons. The van der Waals surface area contributed by atoms with Crippen molar-refractivity contribution in [3.8, 4) is 5.75 Å². The lowest BCUT2D eigenvalue weighted by Gasteiger charge is -2.27. The van der Waals surface area contributed by atoms with E-state index in [1.165, 1.54) is 18.4 Å². The predicted molar refractivity (Wildman–Crippen MR) is 90.9 cm³/mol. The number of ether oxygens (including phenoxy) is 1. The molecule has 6 nitrogen and oxygen atoms in total. The van der Waals surface area contributed by atoms with Crippen LogP contribution >= 0.6 is 0 Å². The van der Waals surface area contributed by atoms with Gasteiger partial charge in [-0.3, -0.25) is 9.47 Å². The maximum atomic E-state index is 12.4. The average Bonchev–Trinajstić information content (AvgIpc) is 3.35. The fourth-order valence-corrected chi connectivity index (χ4v) is 3.32. The molecule has 0 N–H and O–H groups in total. The van der Waals surface area contributed by atoms with Crippen molar-refractivity contribution in [1.82, 2.24) is 19.2 Å². The molecule has 1 aliphatic heterocycles. The summed E-state index contributed by atoms with van der Waals surface area (Å²) in [4.78, 5) is 14.7. The van der Waals surface area contributed by atoms with Crippen LogP contribution in [0.5, 0.6) is 5.75 Å². The SMILES string of the molecule is CCOc1ccccc1CN1CCn2c(nn(CC3CC3)c2=O)C1. The lowest BCUT2D eigenvalue weighted by atomic mass is 10.1. The normalized spacial score (nSPS) is 17.7. The molecule has 2 aromatic rings. The second-order valence-corrected chi connectivity index (χ2v) is 6.73. The van der Waals surface area contributed by atoms with E-state index >= 15 is 0 Å². The maximum Gasteiger partial charge on any atom is 0.346 e. The molecule has 0 unspecified atom stereocenters. The topological polar surface area (TPSA) is 52.3 Å². The van der Waals surface area contributed by atoms with Crippen LogP contribution in [0.3, 0.4) is 0 Å². The lowest BCUT2D eigenvalue weighted by Crippen LogP contribution is -2.37. The molecule has 2 aliphatic rings. The zero-order chi connectivity index (χ0) is 16.5. The van der Waals surface area contributed by atoms with Gasteiger partial charge in [0.05, 0.1) is 13.2 Å². The highest BCUT2D eigenvalue weighted by Crippen LogP contribution is 2.30. The highest BCUT2D eigenvalue weighted by Gasteiger charge is 2.27. The Kier molecular flexibility index (Phi) is 4.14. The van der Waals surface area contributed by atoms with Crippen LogP contribution in [0.25, 0.3) is 0 Å². The Morgan fingerprint density at radius 1 is 1.25 bits per heavy atom. The van der Waals surface area contributed by atoms with Crippen LogP contribution in [0, 0.1) is 5.92 Å². The highest BCUT2D eigenvalue weighted by molar-refractivity contribution is 5.33. The number of para-hydroxylation sites is 1. The first-order valence-corrected chi connectivity index (χ1v) is 8.84. The summed E-state index contributed by atoms with van der Waals surface area (Å²) in [6.07, 6.45) is 2.46. The Hall–Kier alpha value is -2.08. The smallest absolute Gasteiger partial charge is 0.346 e. The molecule has 4 rings (SSSR count). The molecule has 0 spiro atoms. The molecule has 1 saturated carbocycles. The Morgan fingerprint density at radius 2 is 2.08 bits per heavy atom. The van der Waals surface area contributed by atoms with E-state index in [0.29, 0.717) is 19.1 Å². The third-order valence-electron chi connectivity index (χ3n) is 4.80. The minimum Gasteiger partial charge on any atom is -0.494 e. The first-order valence-electron chi connectivity index (χ1n) is 8.84. The van der Waals surface area contributed by atoms with Gasteiger partial charge < -0.3 is 4.74 Å². The summed E-state index contributed by atoms with van der Waals surface area (Å²) in [5, 5.41) is 4.58. The van der Waals surface area contributed by atoms with Crippen LogP contribution < -0.4 is 10.4 Å². The molecule has 0 saturated heterocycles. The number of rotatable bonds is 6. The first-order chi connectivity index (χ1) is 11.7. The largest absolute Gasteiger partial charge is 0.494 e. The van der Waals surface area contributed by atoms with Crippen LogP contribution in [0.15, 0.2) is 29.1 Å². The monoisotopic (exact) mass is 328 g/mol. The van der Waals surface area contributed by atoms with Gasteiger partial charge in [-0.25, -0.2) is 9.48 Å². The van der Waals surface area contributed by atoms with Crippen LogP contribution in [0.4, 0.5) is 0 Å². The van der Waals surface area contributed by atoms with Gasteiger partial charge in [-0.05, 0) is 31.7 Å². The summed E-state index contributed by atoms with van der Waals surface area (Å²) < 4.78 is 9.23. The van der Waals surface area contributed by atoms with Gasteiger partial charge in [-0.1, -0.05) is 18.2 Å². The molecule has 2 heterocycles. The molecule has 0 radical (unpaired) electrons. The molecule has 1 aliphatic carbocycles. The van der Waals surface area contributed by atoms with Gasteiger partial charge in [0.25, 0.3) is 0 Å². The standard InChI is InChI=1S/C18H24N4O2/c1-2-24-16-6-4-3-5-15(16)12-20-9-10-21-17(13-20)19-22(18(21)23)11-14-7-8-14/h3-6,14H,2,7-13H2,1H3. The Bertz CT molecular complexity index is 776. The van der Waals surface area contributed by atoms with Crippen molar-refractivity contribution in [1.29, 1.82) is 0 Å². The molecule has 6 heteroatoms. The van der Waals surface area contributed by atoms with E-state index < -0.39 is 0 Å². The van der Waals surface area contributed by atoms with Crippen molar-refractivity contribution >= 4 is 0 Å². The average molecular weight is 328 g/mol. The molecular formula is C18H24N4O2. The van der Waals surface area contributed by atoms with Crippen LogP contribution in [0.2, 0.25) is 0 Å². The minimum atomic E-state index is 0.0614. The van der Waals surface area contributed by atoms with Crippen molar-refractivity contribution in [2.45, 2.75) is 45.9 Å². The Labute approximate surface area is 141 Å². The number of benzene rings is 1. The second kappa shape index (κ2) is 6.43. The number of nitrogens with zero attached hydrogens (tertiary/aromatic N) is 4. The quantitative estimate of drug-likeness (QED) is 0.812. The van der Waals surface area contributed by atoms with Crippen LogP contribution in [-0.4, -0.2) is 32.4 Å². The lowest BCUT2D eigenvalue weighted by molar-refractivity contribution is 0.203. The summed E-state index contributed by atoms with van der Waals surface area (Å²) in [6, 6.07) is 8.17. The van der Waals surface area contributed by atoms with Gasteiger partial charge in [0.2, 0.25) is 0 Å². The third-order valence-corrected chi connectivity index (χ3v) is 4.80. The second-order valence-electron chi connectivity index (χ2n) is 6.73. The van der Waals surface area contributed by atoms with E-state index in [-0.39, 0.29) is 5.69 Å². The van der Waals surface area contributed by atoms with Crippen molar-refractivity contribution in [2.24, 2.45) is 5.92 Å². The molecule has 0 bridgehead atoms. The summed E-state index contributed by atoms with van der Waals surface area (Å²) in [7, 11) is 0. The molecule has 0 amide bonds. The number of hydrogen-bond donors (Lipinski definition) is 0. The summed E-state index contributed by atoms with van der Waals surface area (Å²) >= 11 is 0. The van der Waals surface area contributed by atoms with Gasteiger partial charge in [0.1, 0.15) is 11.6 Å². The van der Waals surface area contributed by atoms with Crippen LogP contribution in [-0.2, 0) is 26.2 Å². The van der Waals surface area contributed by atoms with E-state index in [4.69, 9.17) is 4.74 Å². The molecule has 0 atom stereocenters. The summed E-state index contributed by atoms with van der Waals surface area (Å²) in [6.45, 7) is 6.57. The van der Waals surface area contributed by atoms with Crippen LogP contribution in [0.1, 0.15) is 31.2 Å². The summed E-state index contributed by atoms with van der Waals surface area (Å²) in [5.41, 5.74) is 1.25. The number of aromatic nitrogens is 3. The highest BCUT2D eigenvalue weighted by atomic mass is 16.5. The fourth-order valence-electron chi connectivity index (χ4n) is 3.32. The minimum absolute atomic E-state index is 0.0614.